The summed E-state index contributed by atoms with van der Waals surface area (Å²) in [7, 11) is -3.42. The highest BCUT2D eigenvalue weighted by atomic mass is 35.5. The van der Waals surface area contributed by atoms with Gasteiger partial charge < -0.3 is 9.52 Å². The van der Waals surface area contributed by atoms with Crippen LogP contribution in [0.1, 0.15) is 16.1 Å². The van der Waals surface area contributed by atoms with E-state index in [0.29, 0.717) is 21.8 Å². The largest absolute Gasteiger partial charge is 0.476 e. The van der Waals surface area contributed by atoms with Crippen LogP contribution in [-0.4, -0.2) is 45.7 Å². The van der Waals surface area contributed by atoms with Crippen molar-refractivity contribution < 1.29 is 22.7 Å². The first kappa shape index (κ1) is 20.8. The molecule has 0 radical (unpaired) electrons. The molecule has 0 amide bonds. The van der Waals surface area contributed by atoms with Gasteiger partial charge in [0.2, 0.25) is 5.89 Å². The first-order valence-electron chi connectivity index (χ1n) is 8.89. The number of sulfone groups is 1. The second-order valence-electron chi connectivity index (χ2n) is 6.70. The van der Waals surface area contributed by atoms with Gasteiger partial charge in [0.25, 0.3) is 5.89 Å². The van der Waals surface area contributed by atoms with Gasteiger partial charge in [-0.05, 0) is 37.3 Å². The second kappa shape index (κ2) is 7.64. The molecule has 2 aromatic heterocycles. The summed E-state index contributed by atoms with van der Waals surface area (Å²) in [5.41, 5.74) is 1.24. The first-order chi connectivity index (χ1) is 14.7. The zero-order valence-electron chi connectivity index (χ0n) is 16.3. The number of rotatable bonds is 5. The monoisotopic (exact) mass is 458 g/mol. The molecule has 158 valence electrons. The fourth-order valence-electron chi connectivity index (χ4n) is 3.04. The van der Waals surface area contributed by atoms with Gasteiger partial charge in [-0.15, -0.1) is 10.2 Å². The van der Waals surface area contributed by atoms with Crippen molar-refractivity contribution in [1.82, 2.24) is 20.0 Å². The number of aromatic nitrogens is 4. The van der Waals surface area contributed by atoms with Crippen LogP contribution in [-0.2, 0) is 9.84 Å². The molecule has 0 aliphatic rings. The van der Waals surface area contributed by atoms with Gasteiger partial charge in [0.05, 0.1) is 15.6 Å². The summed E-state index contributed by atoms with van der Waals surface area (Å²) in [6.45, 7) is 1.58. The van der Waals surface area contributed by atoms with Gasteiger partial charge in [-0.2, -0.15) is 5.10 Å². The highest BCUT2D eigenvalue weighted by Gasteiger charge is 2.26. The van der Waals surface area contributed by atoms with Crippen molar-refractivity contribution in [3.05, 3.63) is 64.8 Å². The van der Waals surface area contributed by atoms with Crippen molar-refractivity contribution in [1.29, 1.82) is 0 Å². The number of halogens is 1. The first-order valence-corrected chi connectivity index (χ1v) is 11.2. The highest BCUT2D eigenvalue weighted by Crippen LogP contribution is 2.32. The van der Waals surface area contributed by atoms with Gasteiger partial charge in [-0.3, -0.25) is 0 Å². The Balaban J connectivity index is 1.88. The van der Waals surface area contributed by atoms with Crippen LogP contribution in [0.3, 0.4) is 0 Å². The van der Waals surface area contributed by atoms with E-state index in [-0.39, 0.29) is 28.1 Å². The van der Waals surface area contributed by atoms with E-state index >= 15 is 0 Å². The predicted octanol–water partition coefficient (Wildman–Crippen LogP) is 3.65. The Labute approximate surface area is 181 Å². The summed E-state index contributed by atoms with van der Waals surface area (Å²) in [6.07, 6.45) is 1.10. The van der Waals surface area contributed by atoms with Gasteiger partial charge in [0, 0.05) is 17.4 Å². The average Bonchev–Trinajstić information content (AvgIpc) is 3.32. The van der Waals surface area contributed by atoms with E-state index in [1.165, 1.54) is 16.8 Å². The predicted molar refractivity (Wildman–Crippen MR) is 112 cm³/mol. The number of para-hydroxylation sites is 1. The molecule has 0 aliphatic heterocycles. The molecule has 0 aliphatic carbocycles. The van der Waals surface area contributed by atoms with Crippen LogP contribution in [0, 0.1) is 6.92 Å². The molecule has 0 atom stereocenters. The van der Waals surface area contributed by atoms with Crippen LogP contribution < -0.4 is 0 Å². The molecule has 4 aromatic rings. The van der Waals surface area contributed by atoms with Crippen molar-refractivity contribution in [2.24, 2.45) is 0 Å². The minimum Gasteiger partial charge on any atom is -0.476 e. The summed E-state index contributed by atoms with van der Waals surface area (Å²) in [5, 5.41) is 22.1. The number of hydrogen-bond donors (Lipinski definition) is 1. The van der Waals surface area contributed by atoms with Crippen LogP contribution in [0.4, 0.5) is 0 Å². The lowest BCUT2D eigenvalue weighted by atomic mass is 10.2. The van der Waals surface area contributed by atoms with E-state index in [1.54, 1.807) is 43.3 Å². The summed E-state index contributed by atoms with van der Waals surface area (Å²) >= 11 is 6.29. The minimum atomic E-state index is -3.42. The Kier molecular flexibility index (Phi) is 5.11. The van der Waals surface area contributed by atoms with Gasteiger partial charge in [0.15, 0.2) is 15.5 Å². The Morgan fingerprint density at radius 1 is 1.10 bits per heavy atom. The fraction of sp³-hybridized carbons (Fsp3) is 0.100. The molecule has 2 aromatic carbocycles. The van der Waals surface area contributed by atoms with Crippen molar-refractivity contribution in [3.63, 3.8) is 0 Å². The highest BCUT2D eigenvalue weighted by molar-refractivity contribution is 7.90. The summed E-state index contributed by atoms with van der Waals surface area (Å²) in [6, 6.07) is 12.9. The normalized spacial score (nSPS) is 11.6. The Hall–Kier alpha value is -3.50. The Bertz CT molecular complexity index is 1430. The minimum absolute atomic E-state index is 0.0113. The third kappa shape index (κ3) is 3.82. The molecule has 0 fully saturated rings. The van der Waals surface area contributed by atoms with Gasteiger partial charge >= 0.3 is 5.97 Å². The van der Waals surface area contributed by atoms with E-state index in [1.807, 2.05) is 0 Å². The number of aromatic carboxylic acids is 1. The third-order valence-electron chi connectivity index (χ3n) is 4.54. The molecular weight excluding hydrogens is 444 g/mol. The summed E-state index contributed by atoms with van der Waals surface area (Å²) in [5.74, 6) is -1.13. The molecule has 4 rings (SSSR count). The van der Waals surface area contributed by atoms with Crippen LogP contribution in [0.25, 0.3) is 28.7 Å². The molecule has 0 spiro atoms. The zero-order chi connectivity index (χ0) is 22.3. The summed E-state index contributed by atoms with van der Waals surface area (Å²) in [4.78, 5) is 11.8. The molecule has 11 heteroatoms. The molecule has 1 N–H and O–H groups in total. The number of benzene rings is 2. The lowest BCUT2D eigenvalue weighted by Crippen LogP contribution is -2.03. The number of carboxylic acids is 1. The lowest BCUT2D eigenvalue weighted by molar-refractivity contribution is 0.0689. The number of carbonyl (C=O) groups is 1. The average molecular weight is 459 g/mol. The van der Waals surface area contributed by atoms with Gasteiger partial charge in [0.1, 0.15) is 5.69 Å². The van der Waals surface area contributed by atoms with Crippen molar-refractivity contribution in [2.45, 2.75) is 11.8 Å². The van der Waals surface area contributed by atoms with Crippen LogP contribution >= 0.6 is 11.6 Å². The number of nitrogens with zero attached hydrogens (tertiary/aromatic N) is 4. The van der Waals surface area contributed by atoms with Gasteiger partial charge in [-0.1, -0.05) is 29.8 Å². The molecule has 0 saturated heterocycles. The van der Waals surface area contributed by atoms with Crippen LogP contribution in [0.15, 0.2) is 57.8 Å². The lowest BCUT2D eigenvalue weighted by Gasteiger charge is -2.07. The van der Waals surface area contributed by atoms with E-state index < -0.39 is 15.8 Å². The summed E-state index contributed by atoms with van der Waals surface area (Å²) < 4.78 is 30.8. The van der Waals surface area contributed by atoms with Crippen molar-refractivity contribution >= 4 is 27.4 Å². The van der Waals surface area contributed by atoms with Crippen LogP contribution in [0.5, 0.6) is 0 Å². The van der Waals surface area contributed by atoms with Crippen molar-refractivity contribution in [3.8, 4) is 28.7 Å². The van der Waals surface area contributed by atoms with Crippen molar-refractivity contribution in [2.75, 3.05) is 6.26 Å². The van der Waals surface area contributed by atoms with E-state index in [2.05, 4.69) is 15.3 Å². The zero-order valence-corrected chi connectivity index (χ0v) is 17.8. The maximum Gasteiger partial charge on any atom is 0.356 e. The molecule has 31 heavy (non-hydrogen) atoms. The third-order valence-corrected chi connectivity index (χ3v) is 5.97. The van der Waals surface area contributed by atoms with E-state index in [9.17, 15) is 18.3 Å². The Morgan fingerprint density at radius 3 is 2.48 bits per heavy atom. The van der Waals surface area contributed by atoms with Crippen LogP contribution in [0.2, 0.25) is 5.02 Å². The second-order valence-corrected chi connectivity index (χ2v) is 9.13. The molecular formula is C20H15ClN4O5S. The number of hydrogen-bond acceptors (Lipinski definition) is 7. The Morgan fingerprint density at radius 2 is 1.81 bits per heavy atom. The molecule has 9 nitrogen and oxygen atoms in total. The quantitative estimate of drug-likeness (QED) is 0.479. The molecule has 0 bridgehead atoms. The fourth-order valence-corrected chi connectivity index (χ4v) is 3.93. The molecule has 2 heterocycles. The van der Waals surface area contributed by atoms with E-state index in [4.69, 9.17) is 16.0 Å². The standard InChI is InChI=1S/C20H15ClN4O5S/c1-11-16(20(26)27)24-25(15-9-4-3-8-14(15)21)17(11)19-23-22-18(30-19)12-6-5-7-13(10-12)31(2,28)29/h3-10H,1-2H3,(H,26,27). The smallest absolute Gasteiger partial charge is 0.356 e. The molecule has 0 unspecified atom stereocenters. The molecule has 0 saturated carbocycles. The maximum atomic E-state index is 11.8. The topological polar surface area (TPSA) is 128 Å². The number of carboxylic acid groups (broad SMARTS) is 1. The van der Waals surface area contributed by atoms with Gasteiger partial charge in [-0.25, -0.2) is 17.9 Å². The SMILES string of the molecule is Cc1c(C(=O)O)nn(-c2ccccc2Cl)c1-c1nnc(-c2cccc(S(C)(=O)=O)c2)o1. The maximum absolute atomic E-state index is 11.8. The van der Waals surface area contributed by atoms with E-state index in [0.717, 1.165) is 6.26 Å².